The van der Waals surface area contributed by atoms with Gasteiger partial charge in [-0.2, -0.15) is 0 Å². The van der Waals surface area contributed by atoms with Crippen molar-refractivity contribution >= 4 is 0 Å². The maximum absolute atomic E-state index is 3.94. The van der Waals surface area contributed by atoms with Crippen molar-refractivity contribution in [2.75, 3.05) is 13.6 Å². The van der Waals surface area contributed by atoms with Gasteiger partial charge >= 0.3 is 0 Å². The zero-order chi connectivity index (χ0) is 6.69. The fourth-order valence-electron chi connectivity index (χ4n) is 0.920. The lowest BCUT2D eigenvalue weighted by molar-refractivity contribution is 0.454. The van der Waals surface area contributed by atoms with Gasteiger partial charge in [-0.15, -0.1) is 0 Å². The molecule has 1 heteroatoms. The summed E-state index contributed by atoms with van der Waals surface area (Å²) >= 11 is 0. The summed E-state index contributed by atoms with van der Waals surface area (Å²) in [5, 5.41) is 0. The zero-order valence-electron chi connectivity index (χ0n) is 5.93. The predicted molar refractivity (Wildman–Crippen MR) is 40.1 cm³/mol. The van der Waals surface area contributed by atoms with Crippen LogP contribution >= 0.6 is 0 Å². The van der Waals surface area contributed by atoms with Gasteiger partial charge in [-0.25, -0.2) is 0 Å². The smallest absolute Gasteiger partial charge is 0.0353 e. The van der Waals surface area contributed by atoms with E-state index < -0.39 is 0 Å². The number of allylic oxidation sites excluding steroid dienone is 2. The van der Waals surface area contributed by atoms with Gasteiger partial charge in [-0.3, -0.25) is 0 Å². The molecule has 0 bridgehead atoms. The second kappa shape index (κ2) is 2.72. The molecule has 9 heavy (non-hydrogen) atoms. The molecule has 1 nitrogen and oxygen atoms in total. The van der Waals surface area contributed by atoms with E-state index in [0.29, 0.717) is 0 Å². The Bertz CT molecular complexity index is 136. The van der Waals surface area contributed by atoms with Crippen molar-refractivity contribution in [1.29, 1.82) is 0 Å². The summed E-state index contributed by atoms with van der Waals surface area (Å²) < 4.78 is 0. The summed E-state index contributed by atoms with van der Waals surface area (Å²) in [6.45, 7) is 4.97. The quantitative estimate of drug-likeness (QED) is 0.444. The highest BCUT2D eigenvalue weighted by atomic mass is 15.1. The average Bonchev–Trinajstić information content (AvgIpc) is 1.99. The number of rotatable bonds is 0. The molecule has 0 N–H and O–H groups in total. The van der Waals surface area contributed by atoms with Gasteiger partial charge in [0.25, 0.3) is 0 Å². The minimum absolute atomic E-state index is 1.03. The monoisotopic (exact) mass is 123 g/mol. The molecule has 0 fully saturated rings. The van der Waals surface area contributed by atoms with Crippen LogP contribution in [0, 0.1) is 0 Å². The van der Waals surface area contributed by atoms with Gasteiger partial charge in [-0.05, 0) is 12.8 Å². The van der Waals surface area contributed by atoms with Crippen LogP contribution in [0.25, 0.3) is 0 Å². The van der Waals surface area contributed by atoms with Crippen molar-refractivity contribution in [2.45, 2.75) is 12.8 Å². The first kappa shape index (κ1) is 6.40. The molecule has 1 aliphatic heterocycles. The summed E-state index contributed by atoms with van der Waals surface area (Å²) in [6.07, 6.45) is 6.68. The summed E-state index contributed by atoms with van der Waals surface area (Å²) in [7, 11) is 2.08. The Morgan fingerprint density at radius 2 is 2.33 bits per heavy atom. The van der Waals surface area contributed by atoms with E-state index >= 15 is 0 Å². The first-order chi connectivity index (χ1) is 4.30. The van der Waals surface area contributed by atoms with Crippen LogP contribution in [0.1, 0.15) is 12.8 Å². The molecule has 0 amide bonds. The fraction of sp³-hybridized carbons (Fsp3) is 0.500. The summed E-state index contributed by atoms with van der Waals surface area (Å²) in [5.41, 5.74) is 1.25. The van der Waals surface area contributed by atoms with Gasteiger partial charge in [0.2, 0.25) is 0 Å². The highest BCUT2D eigenvalue weighted by molar-refractivity contribution is 5.02. The van der Waals surface area contributed by atoms with E-state index in [4.69, 9.17) is 0 Å². The highest BCUT2D eigenvalue weighted by Gasteiger charge is 2.00. The van der Waals surface area contributed by atoms with Crippen LogP contribution in [-0.2, 0) is 0 Å². The molecular weight excluding hydrogens is 110 g/mol. The number of likely N-dealkylation sites (N-methyl/N-ethyl adjacent to an activating group) is 1. The van der Waals surface area contributed by atoms with Crippen LogP contribution in [0.4, 0.5) is 0 Å². The SMILES string of the molecule is C=C1CCC=CCN1C. The van der Waals surface area contributed by atoms with E-state index in [1.807, 2.05) is 0 Å². The van der Waals surface area contributed by atoms with Gasteiger partial charge in [0.15, 0.2) is 0 Å². The maximum atomic E-state index is 3.94. The van der Waals surface area contributed by atoms with E-state index in [1.165, 1.54) is 5.70 Å². The molecule has 0 atom stereocenters. The van der Waals surface area contributed by atoms with E-state index in [2.05, 4.69) is 30.7 Å². The molecule has 0 aromatic rings. The molecule has 0 aliphatic carbocycles. The topological polar surface area (TPSA) is 3.24 Å². The van der Waals surface area contributed by atoms with Crippen LogP contribution in [-0.4, -0.2) is 18.5 Å². The lowest BCUT2D eigenvalue weighted by Crippen LogP contribution is -2.14. The first-order valence-corrected chi connectivity index (χ1v) is 3.34. The Balaban J connectivity index is 2.52. The van der Waals surface area contributed by atoms with Crippen molar-refractivity contribution in [3.05, 3.63) is 24.4 Å². The standard InChI is InChI=1S/C8H13N/c1-8-6-4-3-5-7-9(8)2/h3,5H,1,4,6-7H2,2H3. The van der Waals surface area contributed by atoms with Crippen LogP contribution in [0.15, 0.2) is 24.4 Å². The average molecular weight is 123 g/mol. The normalized spacial score (nSPS) is 20.1. The third kappa shape index (κ3) is 1.60. The van der Waals surface area contributed by atoms with E-state index in [1.54, 1.807) is 0 Å². The second-order valence-electron chi connectivity index (χ2n) is 2.46. The molecule has 50 valence electrons. The Labute approximate surface area is 56.7 Å². The van der Waals surface area contributed by atoms with Gasteiger partial charge in [0.1, 0.15) is 0 Å². The van der Waals surface area contributed by atoms with Crippen LogP contribution in [0.3, 0.4) is 0 Å². The molecule has 0 spiro atoms. The third-order valence-corrected chi connectivity index (χ3v) is 1.69. The Kier molecular flexibility index (Phi) is 1.93. The van der Waals surface area contributed by atoms with Crippen molar-refractivity contribution in [3.63, 3.8) is 0 Å². The van der Waals surface area contributed by atoms with E-state index in [-0.39, 0.29) is 0 Å². The lowest BCUT2D eigenvalue weighted by Gasteiger charge is -2.16. The zero-order valence-corrected chi connectivity index (χ0v) is 5.93. The molecule has 0 radical (unpaired) electrons. The molecule has 1 aliphatic rings. The van der Waals surface area contributed by atoms with Crippen LogP contribution in [0.2, 0.25) is 0 Å². The number of nitrogens with zero attached hydrogens (tertiary/aromatic N) is 1. The summed E-state index contributed by atoms with van der Waals surface area (Å²) in [6, 6.07) is 0. The minimum Gasteiger partial charge on any atom is -0.375 e. The lowest BCUT2D eigenvalue weighted by atomic mass is 10.2. The molecule has 0 unspecified atom stereocenters. The van der Waals surface area contributed by atoms with Crippen molar-refractivity contribution in [3.8, 4) is 0 Å². The largest absolute Gasteiger partial charge is 0.375 e. The molecule has 1 heterocycles. The van der Waals surface area contributed by atoms with Crippen molar-refractivity contribution in [2.24, 2.45) is 0 Å². The molecule has 0 aromatic carbocycles. The molecule has 0 saturated heterocycles. The van der Waals surface area contributed by atoms with Gasteiger partial charge < -0.3 is 4.90 Å². The Morgan fingerprint density at radius 1 is 1.56 bits per heavy atom. The van der Waals surface area contributed by atoms with Gasteiger partial charge in [0.05, 0.1) is 0 Å². The third-order valence-electron chi connectivity index (χ3n) is 1.69. The van der Waals surface area contributed by atoms with Crippen LogP contribution in [0.5, 0.6) is 0 Å². The summed E-state index contributed by atoms with van der Waals surface area (Å²) in [4.78, 5) is 2.18. The minimum atomic E-state index is 1.03. The highest BCUT2D eigenvalue weighted by Crippen LogP contribution is 2.10. The molecule has 0 aromatic heterocycles. The fourth-order valence-corrected chi connectivity index (χ4v) is 0.920. The summed E-state index contributed by atoms with van der Waals surface area (Å²) in [5.74, 6) is 0. The predicted octanol–water partition coefficient (Wildman–Crippen LogP) is 1.78. The molecular formula is C8H13N. The van der Waals surface area contributed by atoms with E-state index in [9.17, 15) is 0 Å². The first-order valence-electron chi connectivity index (χ1n) is 3.34. The van der Waals surface area contributed by atoms with Gasteiger partial charge in [0, 0.05) is 19.3 Å². The van der Waals surface area contributed by atoms with Crippen molar-refractivity contribution in [1.82, 2.24) is 4.90 Å². The Hall–Kier alpha value is -0.720. The Morgan fingerprint density at radius 3 is 3.11 bits per heavy atom. The second-order valence-corrected chi connectivity index (χ2v) is 2.46. The molecule has 1 rings (SSSR count). The van der Waals surface area contributed by atoms with Crippen molar-refractivity contribution < 1.29 is 0 Å². The maximum Gasteiger partial charge on any atom is 0.0353 e. The van der Waals surface area contributed by atoms with E-state index in [0.717, 1.165) is 19.4 Å². The number of hydrogen-bond donors (Lipinski definition) is 0. The molecule has 0 saturated carbocycles. The van der Waals surface area contributed by atoms with Crippen LogP contribution < -0.4 is 0 Å². The van der Waals surface area contributed by atoms with Gasteiger partial charge in [-0.1, -0.05) is 18.7 Å². The number of hydrogen-bond acceptors (Lipinski definition) is 1.